The number of hydrogen-bond donors (Lipinski definition) is 1. The van der Waals surface area contributed by atoms with E-state index in [0.717, 1.165) is 25.4 Å². The minimum absolute atomic E-state index is 0.561. The summed E-state index contributed by atoms with van der Waals surface area (Å²) in [7, 11) is 2.20. The van der Waals surface area contributed by atoms with Crippen LogP contribution in [0.3, 0.4) is 0 Å². The van der Waals surface area contributed by atoms with Crippen molar-refractivity contribution in [2.45, 2.75) is 58.9 Å². The maximum absolute atomic E-state index is 4.95. The molecule has 0 aromatic carbocycles. The molecule has 1 N–H and O–H groups in total. The fraction of sp³-hybridized carbons (Fsp3) is 0.812. The van der Waals surface area contributed by atoms with E-state index in [9.17, 15) is 0 Å². The van der Waals surface area contributed by atoms with E-state index >= 15 is 0 Å². The zero-order valence-corrected chi connectivity index (χ0v) is 14.2. The first-order chi connectivity index (χ1) is 9.65. The molecule has 0 saturated heterocycles. The minimum atomic E-state index is 0.561. The largest absolute Gasteiger partial charge is 0.351 e. The standard InChI is InChI=1S/C16H29N3S/c1-5-12(3)15-14(10-17-6-2)20-16(18-15)19(4)11-13-8-7-9-13/h12-13,17H,5-11H2,1-4H3. The number of thiazole rings is 1. The van der Waals surface area contributed by atoms with Gasteiger partial charge in [0.1, 0.15) is 0 Å². The Labute approximate surface area is 127 Å². The molecule has 1 aromatic heterocycles. The molecule has 114 valence electrons. The second kappa shape index (κ2) is 7.41. The molecule has 4 heteroatoms. The van der Waals surface area contributed by atoms with E-state index in [1.54, 1.807) is 0 Å². The predicted molar refractivity (Wildman–Crippen MR) is 88.8 cm³/mol. The van der Waals surface area contributed by atoms with E-state index in [-0.39, 0.29) is 0 Å². The van der Waals surface area contributed by atoms with Crippen molar-refractivity contribution < 1.29 is 0 Å². The number of anilines is 1. The summed E-state index contributed by atoms with van der Waals surface area (Å²) in [4.78, 5) is 8.75. The van der Waals surface area contributed by atoms with Gasteiger partial charge in [-0.05, 0) is 37.6 Å². The lowest BCUT2D eigenvalue weighted by atomic mass is 9.85. The van der Waals surface area contributed by atoms with Crippen LogP contribution in [0.4, 0.5) is 5.13 Å². The Morgan fingerprint density at radius 3 is 2.70 bits per heavy atom. The van der Waals surface area contributed by atoms with Crippen LogP contribution < -0.4 is 10.2 Å². The van der Waals surface area contributed by atoms with Crippen molar-refractivity contribution >= 4 is 16.5 Å². The first-order valence-electron chi connectivity index (χ1n) is 8.07. The molecule has 1 heterocycles. The van der Waals surface area contributed by atoms with E-state index in [0.29, 0.717) is 5.92 Å². The summed E-state index contributed by atoms with van der Waals surface area (Å²) in [5.74, 6) is 1.46. The van der Waals surface area contributed by atoms with Crippen molar-refractivity contribution in [1.82, 2.24) is 10.3 Å². The molecule has 3 nitrogen and oxygen atoms in total. The van der Waals surface area contributed by atoms with Gasteiger partial charge in [-0.25, -0.2) is 4.98 Å². The van der Waals surface area contributed by atoms with Gasteiger partial charge in [-0.3, -0.25) is 0 Å². The average Bonchev–Trinajstić information content (AvgIpc) is 2.83. The van der Waals surface area contributed by atoms with Gasteiger partial charge in [-0.2, -0.15) is 0 Å². The van der Waals surface area contributed by atoms with Gasteiger partial charge in [0.25, 0.3) is 0 Å². The molecule has 0 aliphatic heterocycles. The molecule has 0 amide bonds. The minimum Gasteiger partial charge on any atom is -0.351 e. The SMILES string of the molecule is CCNCc1sc(N(C)CC2CCC2)nc1C(C)CC. The molecule has 0 radical (unpaired) electrons. The smallest absolute Gasteiger partial charge is 0.185 e. The summed E-state index contributed by atoms with van der Waals surface area (Å²) in [6.07, 6.45) is 5.38. The molecule has 1 unspecified atom stereocenters. The monoisotopic (exact) mass is 295 g/mol. The first-order valence-corrected chi connectivity index (χ1v) is 8.88. The number of nitrogens with zero attached hydrogens (tertiary/aromatic N) is 2. The van der Waals surface area contributed by atoms with Gasteiger partial charge >= 0.3 is 0 Å². The van der Waals surface area contributed by atoms with Gasteiger partial charge < -0.3 is 10.2 Å². The maximum atomic E-state index is 4.95. The Morgan fingerprint density at radius 2 is 2.15 bits per heavy atom. The second-order valence-corrected chi connectivity index (χ2v) is 7.13. The van der Waals surface area contributed by atoms with Gasteiger partial charge in [0.05, 0.1) is 5.69 Å². The van der Waals surface area contributed by atoms with Crippen LogP contribution in [0.1, 0.15) is 62.9 Å². The van der Waals surface area contributed by atoms with Gasteiger partial charge in [0.2, 0.25) is 0 Å². The van der Waals surface area contributed by atoms with Crippen molar-refractivity contribution in [2.75, 3.05) is 25.0 Å². The normalized spacial score (nSPS) is 17.0. The molecule has 1 saturated carbocycles. The zero-order valence-electron chi connectivity index (χ0n) is 13.4. The van der Waals surface area contributed by atoms with Crippen LogP contribution in [0.25, 0.3) is 0 Å². The van der Waals surface area contributed by atoms with Crippen LogP contribution in [0.5, 0.6) is 0 Å². The summed E-state index contributed by atoms with van der Waals surface area (Å²) >= 11 is 1.88. The van der Waals surface area contributed by atoms with E-state index in [2.05, 4.69) is 38.0 Å². The van der Waals surface area contributed by atoms with Crippen LogP contribution in [-0.2, 0) is 6.54 Å². The molecule has 2 rings (SSSR count). The topological polar surface area (TPSA) is 28.2 Å². The highest BCUT2D eigenvalue weighted by Crippen LogP contribution is 2.34. The highest BCUT2D eigenvalue weighted by atomic mass is 32.1. The fourth-order valence-electron chi connectivity index (χ4n) is 2.60. The Bertz CT molecular complexity index is 412. The third-order valence-corrected chi connectivity index (χ3v) is 5.60. The predicted octanol–water partition coefficient (Wildman–Crippen LogP) is 4.00. The van der Waals surface area contributed by atoms with Crippen LogP contribution in [0.15, 0.2) is 0 Å². The quantitative estimate of drug-likeness (QED) is 0.785. The molecular weight excluding hydrogens is 266 g/mol. The third kappa shape index (κ3) is 3.73. The molecule has 0 bridgehead atoms. The first kappa shape index (κ1) is 15.8. The Hall–Kier alpha value is -0.610. The molecule has 20 heavy (non-hydrogen) atoms. The highest BCUT2D eigenvalue weighted by Gasteiger charge is 2.22. The summed E-state index contributed by atoms with van der Waals surface area (Å²) in [6.45, 7) is 9.86. The Balaban J connectivity index is 2.09. The van der Waals surface area contributed by atoms with Crippen LogP contribution in [-0.4, -0.2) is 25.1 Å². The van der Waals surface area contributed by atoms with Crippen LogP contribution >= 0.6 is 11.3 Å². The van der Waals surface area contributed by atoms with E-state index in [1.165, 1.54) is 41.5 Å². The van der Waals surface area contributed by atoms with Gasteiger partial charge in [0, 0.05) is 25.0 Å². The fourth-order valence-corrected chi connectivity index (χ4v) is 3.72. The zero-order chi connectivity index (χ0) is 14.5. The molecule has 0 spiro atoms. The second-order valence-electron chi connectivity index (χ2n) is 6.07. The molecule has 1 atom stereocenters. The van der Waals surface area contributed by atoms with Gasteiger partial charge in [-0.15, -0.1) is 11.3 Å². The summed E-state index contributed by atoms with van der Waals surface area (Å²) in [6, 6.07) is 0. The van der Waals surface area contributed by atoms with E-state index < -0.39 is 0 Å². The molecule has 1 aliphatic rings. The Kier molecular flexibility index (Phi) is 5.85. The number of hydrogen-bond acceptors (Lipinski definition) is 4. The van der Waals surface area contributed by atoms with Crippen molar-refractivity contribution in [3.05, 3.63) is 10.6 Å². The van der Waals surface area contributed by atoms with Crippen molar-refractivity contribution in [1.29, 1.82) is 0 Å². The molecule has 1 aromatic rings. The highest BCUT2D eigenvalue weighted by molar-refractivity contribution is 7.15. The maximum Gasteiger partial charge on any atom is 0.185 e. The van der Waals surface area contributed by atoms with E-state index in [4.69, 9.17) is 4.98 Å². The summed E-state index contributed by atoms with van der Waals surface area (Å²) < 4.78 is 0. The average molecular weight is 295 g/mol. The number of aromatic nitrogens is 1. The van der Waals surface area contributed by atoms with Gasteiger partial charge in [0.15, 0.2) is 5.13 Å². The lowest BCUT2D eigenvalue weighted by molar-refractivity contribution is 0.321. The van der Waals surface area contributed by atoms with Crippen molar-refractivity contribution in [3.8, 4) is 0 Å². The van der Waals surface area contributed by atoms with Crippen LogP contribution in [0, 0.1) is 5.92 Å². The number of rotatable bonds is 8. The lowest BCUT2D eigenvalue weighted by Crippen LogP contribution is -2.29. The van der Waals surface area contributed by atoms with Crippen molar-refractivity contribution in [2.24, 2.45) is 5.92 Å². The van der Waals surface area contributed by atoms with Crippen LogP contribution in [0.2, 0.25) is 0 Å². The number of nitrogens with one attached hydrogen (secondary N) is 1. The summed E-state index contributed by atoms with van der Waals surface area (Å²) in [5, 5.41) is 4.66. The molecular formula is C16H29N3S. The lowest BCUT2D eigenvalue weighted by Gasteiger charge is -2.29. The molecule has 1 aliphatic carbocycles. The molecule has 1 fully saturated rings. The third-order valence-electron chi connectivity index (χ3n) is 4.41. The van der Waals surface area contributed by atoms with E-state index in [1.807, 2.05) is 11.3 Å². The summed E-state index contributed by atoms with van der Waals surface area (Å²) in [5.41, 5.74) is 1.31. The Morgan fingerprint density at radius 1 is 1.40 bits per heavy atom. The van der Waals surface area contributed by atoms with Crippen molar-refractivity contribution in [3.63, 3.8) is 0 Å². The van der Waals surface area contributed by atoms with Gasteiger partial charge in [-0.1, -0.05) is 27.2 Å².